The first-order valence-corrected chi connectivity index (χ1v) is 6.30. The molecule has 0 radical (unpaired) electrons. The van der Waals surface area contributed by atoms with Crippen molar-refractivity contribution in [2.75, 3.05) is 11.1 Å². The molecule has 2 aromatic carbocycles. The molecule has 1 aromatic heterocycles. The zero-order chi connectivity index (χ0) is 13.9. The Hall–Kier alpha value is -2.82. The van der Waals surface area contributed by atoms with Crippen LogP contribution in [0.1, 0.15) is 5.56 Å². The molecule has 0 aliphatic carbocycles. The van der Waals surface area contributed by atoms with Crippen molar-refractivity contribution in [1.29, 1.82) is 0 Å². The first-order chi connectivity index (χ1) is 9.72. The summed E-state index contributed by atoms with van der Waals surface area (Å²) in [7, 11) is 0. The molecule has 0 spiro atoms. The monoisotopic (exact) mass is 266 g/mol. The van der Waals surface area contributed by atoms with Crippen LogP contribution in [-0.4, -0.2) is 9.97 Å². The van der Waals surface area contributed by atoms with Gasteiger partial charge >= 0.3 is 0 Å². The van der Waals surface area contributed by atoms with Crippen molar-refractivity contribution in [3.05, 3.63) is 64.4 Å². The number of hydrogen-bond donors (Lipinski definition) is 3. The van der Waals surface area contributed by atoms with Crippen molar-refractivity contribution in [2.45, 2.75) is 6.54 Å². The summed E-state index contributed by atoms with van der Waals surface area (Å²) >= 11 is 0. The minimum atomic E-state index is -0.196. The number of anilines is 2. The van der Waals surface area contributed by atoms with E-state index in [0.717, 1.165) is 5.56 Å². The minimum absolute atomic E-state index is 0.196. The summed E-state index contributed by atoms with van der Waals surface area (Å²) in [6.07, 6.45) is 0. The second-order valence-corrected chi connectivity index (χ2v) is 4.53. The molecule has 5 heteroatoms. The maximum absolute atomic E-state index is 12.0. The number of aromatic amines is 1. The number of rotatable bonds is 3. The summed E-state index contributed by atoms with van der Waals surface area (Å²) < 4.78 is 0. The van der Waals surface area contributed by atoms with E-state index in [2.05, 4.69) is 15.3 Å². The highest BCUT2D eigenvalue weighted by Crippen LogP contribution is 2.13. The molecular weight excluding hydrogens is 252 g/mol. The normalized spacial score (nSPS) is 10.6. The summed E-state index contributed by atoms with van der Waals surface area (Å²) in [5.74, 6) is 0.455. The standard InChI is InChI=1S/C15H14N4O/c16-11-6-7-13-12(8-11)14(20)19-15(18-13)17-9-10-4-2-1-3-5-10/h1-8H,9,16H2,(H2,17,18,19,20). The number of hydrogen-bond acceptors (Lipinski definition) is 4. The van der Waals surface area contributed by atoms with Gasteiger partial charge in [0, 0.05) is 12.2 Å². The predicted molar refractivity (Wildman–Crippen MR) is 80.5 cm³/mol. The average molecular weight is 266 g/mol. The maximum Gasteiger partial charge on any atom is 0.260 e. The highest BCUT2D eigenvalue weighted by molar-refractivity contribution is 5.81. The van der Waals surface area contributed by atoms with Gasteiger partial charge in [-0.3, -0.25) is 9.78 Å². The van der Waals surface area contributed by atoms with Crippen molar-refractivity contribution >= 4 is 22.5 Å². The van der Waals surface area contributed by atoms with Gasteiger partial charge in [-0.1, -0.05) is 30.3 Å². The molecule has 4 N–H and O–H groups in total. The molecule has 0 amide bonds. The summed E-state index contributed by atoms with van der Waals surface area (Å²) in [6, 6.07) is 15.0. The number of nitrogen functional groups attached to an aromatic ring is 1. The van der Waals surface area contributed by atoms with Crippen molar-refractivity contribution in [1.82, 2.24) is 9.97 Å². The summed E-state index contributed by atoms with van der Waals surface area (Å²) in [5, 5.41) is 3.61. The third kappa shape index (κ3) is 2.47. The van der Waals surface area contributed by atoms with E-state index in [1.54, 1.807) is 18.2 Å². The van der Waals surface area contributed by atoms with Gasteiger partial charge in [0.05, 0.1) is 10.9 Å². The summed E-state index contributed by atoms with van der Waals surface area (Å²) in [6.45, 7) is 0.601. The highest BCUT2D eigenvalue weighted by Gasteiger charge is 2.04. The number of fused-ring (bicyclic) bond motifs is 1. The second kappa shape index (κ2) is 5.05. The molecule has 3 rings (SSSR count). The lowest BCUT2D eigenvalue weighted by molar-refractivity contribution is 1.06. The Morgan fingerprint density at radius 2 is 1.95 bits per heavy atom. The fourth-order valence-electron chi connectivity index (χ4n) is 2.02. The van der Waals surface area contributed by atoms with E-state index in [4.69, 9.17) is 5.73 Å². The Bertz CT molecular complexity index is 796. The molecule has 5 nitrogen and oxygen atoms in total. The van der Waals surface area contributed by atoms with Crippen LogP contribution in [0.2, 0.25) is 0 Å². The topological polar surface area (TPSA) is 83.8 Å². The van der Waals surface area contributed by atoms with Crippen molar-refractivity contribution < 1.29 is 0 Å². The number of H-pyrrole nitrogens is 1. The van der Waals surface area contributed by atoms with Crippen LogP contribution in [-0.2, 0) is 6.54 Å². The smallest absolute Gasteiger partial charge is 0.260 e. The lowest BCUT2D eigenvalue weighted by Gasteiger charge is -2.06. The van der Waals surface area contributed by atoms with E-state index >= 15 is 0 Å². The maximum atomic E-state index is 12.0. The molecule has 0 aliphatic heterocycles. The lowest BCUT2D eigenvalue weighted by Crippen LogP contribution is -2.13. The third-order valence-electron chi connectivity index (χ3n) is 3.03. The van der Waals surface area contributed by atoms with Crippen LogP contribution in [0.5, 0.6) is 0 Å². The van der Waals surface area contributed by atoms with Crippen molar-refractivity contribution in [3.8, 4) is 0 Å². The van der Waals surface area contributed by atoms with Crippen LogP contribution in [0, 0.1) is 0 Å². The number of nitrogens with one attached hydrogen (secondary N) is 2. The highest BCUT2D eigenvalue weighted by atomic mass is 16.1. The first-order valence-electron chi connectivity index (χ1n) is 6.30. The van der Waals surface area contributed by atoms with Crippen LogP contribution in [0.15, 0.2) is 53.3 Å². The van der Waals surface area contributed by atoms with E-state index in [9.17, 15) is 4.79 Å². The molecule has 0 unspecified atom stereocenters. The van der Waals surface area contributed by atoms with Crippen molar-refractivity contribution in [3.63, 3.8) is 0 Å². The largest absolute Gasteiger partial charge is 0.399 e. The van der Waals surface area contributed by atoms with Crippen LogP contribution >= 0.6 is 0 Å². The van der Waals surface area contributed by atoms with Gasteiger partial charge in [0.25, 0.3) is 5.56 Å². The zero-order valence-electron chi connectivity index (χ0n) is 10.8. The third-order valence-corrected chi connectivity index (χ3v) is 3.03. The van der Waals surface area contributed by atoms with Gasteiger partial charge in [-0.15, -0.1) is 0 Å². The van der Waals surface area contributed by atoms with Crippen molar-refractivity contribution in [2.24, 2.45) is 0 Å². The van der Waals surface area contributed by atoms with Gasteiger partial charge in [0.1, 0.15) is 0 Å². The molecular formula is C15H14N4O. The fraction of sp³-hybridized carbons (Fsp3) is 0.0667. The molecule has 0 saturated carbocycles. The van der Waals surface area contributed by atoms with Gasteiger partial charge in [-0.25, -0.2) is 4.98 Å². The van der Waals surface area contributed by atoms with Gasteiger partial charge in [0.15, 0.2) is 0 Å². The molecule has 0 fully saturated rings. The van der Waals surface area contributed by atoms with Gasteiger partial charge < -0.3 is 11.1 Å². The lowest BCUT2D eigenvalue weighted by atomic mass is 10.2. The molecule has 3 aromatic rings. The van der Waals surface area contributed by atoms with E-state index in [1.807, 2.05) is 30.3 Å². The molecule has 0 atom stereocenters. The van der Waals surface area contributed by atoms with E-state index in [-0.39, 0.29) is 5.56 Å². The number of nitrogens with two attached hydrogens (primary N) is 1. The van der Waals surface area contributed by atoms with Gasteiger partial charge in [-0.2, -0.15) is 0 Å². The van der Waals surface area contributed by atoms with Gasteiger partial charge in [0.2, 0.25) is 5.95 Å². The predicted octanol–water partition coefficient (Wildman–Crippen LogP) is 2.12. The Labute approximate surface area is 115 Å². The molecule has 0 bridgehead atoms. The second-order valence-electron chi connectivity index (χ2n) is 4.53. The van der Waals surface area contributed by atoms with Crippen LogP contribution in [0.4, 0.5) is 11.6 Å². The number of nitrogens with zero attached hydrogens (tertiary/aromatic N) is 1. The molecule has 0 aliphatic rings. The van der Waals surface area contributed by atoms with Gasteiger partial charge in [-0.05, 0) is 23.8 Å². The Kier molecular flexibility index (Phi) is 3.09. The zero-order valence-corrected chi connectivity index (χ0v) is 10.8. The number of benzene rings is 2. The average Bonchev–Trinajstić information content (AvgIpc) is 2.47. The molecule has 1 heterocycles. The minimum Gasteiger partial charge on any atom is -0.399 e. The Morgan fingerprint density at radius 3 is 2.75 bits per heavy atom. The van der Waals surface area contributed by atoms with E-state index in [0.29, 0.717) is 29.1 Å². The molecule has 100 valence electrons. The van der Waals surface area contributed by atoms with Crippen LogP contribution in [0.25, 0.3) is 10.9 Å². The number of aromatic nitrogens is 2. The SMILES string of the molecule is Nc1ccc2nc(NCc3ccccc3)[nH]c(=O)c2c1. The molecule has 20 heavy (non-hydrogen) atoms. The fourth-order valence-corrected chi connectivity index (χ4v) is 2.02. The Morgan fingerprint density at radius 1 is 1.15 bits per heavy atom. The van der Waals surface area contributed by atoms with E-state index < -0.39 is 0 Å². The van der Waals surface area contributed by atoms with Crippen LogP contribution < -0.4 is 16.6 Å². The molecule has 0 saturated heterocycles. The summed E-state index contributed by atoms with van der Waals surface area (Å²) in [4.78, 5) is 19.1. The van der Waals surface area contributed by atoms with Crippen LogP contribution in [0.3, 0.4) is 0 Å². The first kappa shape index (κ1) is 12.2. The quantitative estimate of drug-likeness (QED) is 0.634. The Balaban J connectivity index is 1.89. The van der Waals surface area contributed by atoms with E-state index in [1.165, 1.54) is 0 Å². The summed E-state index contributed by atoms with van der Waals surface area (Å²) in [5.41, 5.74) is 7.77.